The first kappa shape index (κ1) is 11.7. The summed E-state index contributed by atoms with van der Waals surface area (Å²) in [5.74, 6) is 1.04. The molecule has 0 heterocycles. The molecular weight excluding hydrogens is 280 g/mol. The van der Waals surface area contributed by atoms with Crippen LogP contribution in [0.4, 0.5) is 0 Å². The van der Waals surface area contributed by atoms with Gasteiger partial charge in [0.05, 0.1) is 0 Å². The summed E-state index contributed by atoms with van der Waals surface area (Å²) in [6.45, 7) is 0. The third-order valence-corrected chi connectivity index (χ3v) is 4.06. The Labute approximate surface area is 109 Å². The molecule has 0 nitrogen and oxygen atoms in total. The van der Waals surface area contributed by atoms with E-state index in [4.69, 9.17) is 0 Å². The monoisotopic (exact) mass is 292 g/mol. The van der Waals surface area contributed by atoms with Crippen LogP contribution in [0.15, 0.2) is 59.5 Å². The van der Waals surface area contributed by atoms with Gasteiger partial charge in [-0.3, -0.25) is 0 Å². The first-order valence-corrected chi connectivity index (χ1v) is 7.31. The lowest BCUT2D eigenvalue weighted by Gasteiger charge is -2.02. The first-order chi connectivity index (χ1) is 7.88. The van der Waals surface area contributed by atoms with Gasteiger partial charge in [-0.25, -0.2) is 0 Å². The summed E-state index contributed by atoms with van der Waals surface area (Å²) in [6, 6.07) is 19.3. The van der Waals surface area contributed by atoms with Gasteiger partial charge in [-0.05, 0) is 23.3 Å². The van der Waals surface area contributed by atoms with Crippen LogP contribution in [0.1, 0.15) is 11.1 Å². The lowest BCUT2D eigenvalue weighted by Crippen LogP contribution is -1.80. The van der Waals surface area contributed by atoms with Gasteiger partial charge >= 0.3 is 0 Å². The summed E-state index contributed by atoms with van der Waals surface area (Å²) < 4.78 is 0. The highest BCUT2D eigenvalue weighted by Crippen LogP contribution is 2.23. The minimum Gasteiger partial charge on any atom is -0.121 e. The summed E-state index contributed by atoms with van der Waals surface area (Å²) in [7, 11) is 0. The molecule has 16 heavy (non-hydrogen) atoms. The predicted octanol–water partition coefficient (Wildman–Crippen LogP) is 4.87. The Morgan fingerprint density at radius 1 is 0.812 bits per heavy atom. The fourth-order valence-electron chi connectivity index (χ4n) is 1.42. The second-order valence-electron chi connectivity index (χ2n) is 3.55. The normalized spacial score (nSPS) is 10.3. The number of rotatable bonds is 4. The van der Waals surface area contributed by atoms with Gasteiger partial charge in [0.2, 0.25) is 0 Å². The smallest absolute Gasteiger partial charge is 0.0283 e. The van der Waals surface area contributed by atoms with Crippen molar-refractivity contribution >= 4 is 27.7 Å². The van der Waals surface area contributed by atoms with Gasteiger partial charge in [0.25, 0.3) is 0 Å². The average Bonchev–Trinajstić information content (AvgIpc) is 2.38. The molecule has 2 rings (SSSR count). The van der Waals surface area contributed by atoms with E-state index in [1.165, 1.54) is 16.0 Å². The Hall–Kier alpha value is -0.730. The van der Waals surface area contributed by atoms with Crippen molar-refractivity contribution in [3.05, 3.63) is 65.7 Å². The van der Waals surface area contributed by atoms with Crippen LogP contribution in [0.5, 0.6) is 0 Å². The predicted molar refractivity (Wildman–Crippen MR) is 75.1 cm³/mol. The maximum absolute atomic E-state index is 3.45. The minimum absolute atomic E-state index is 0.927. The molecule has 2 heteroatoms. The van der Waals surface area contributed by atoms with E-state index in [0.29, 0.717) is 0 Å². The molecule has 2 aromatic rings. The Kier molecular flexibility index (Phi) is 4.49. The van der Waals surface area contributed by atoms with E-state index in [9.17, 15) is 0 Å². The zero-order chi connectivity index (χ0) is 11.2. The van der Waals surface area contributed by atoms with Crippen LogP contribution < -0.4 is 0 Å². The van der Waals surface area contributed by atoms with E-state index in [0.717, 1.165) is 11.1 Å². The molecule has 0 unspecified atom stereocenters. The van der Waals surface area contributed by atoms with Gasteiger partial charge in [0.15, 0.2) is 0 Å². The second kappa shape index (κ2) is 6.12. The highest BCUT2D eigenvalue weighted by Gasteiger charge is 1.96. The molecule has 0 spiro atoms. The van der Waals surface area contributed by atoms with Crippen molar-refractivity contribution in [3.8, 4) is 0 Å². The van der Waals surface area contributed by atoms with Gasteiger partial charge in [-0.15, -0.1) is 11.8 Å². The molecule has 0 amide bonds. The Balaban J connectivity index is 1.94. The van der Waals surface area contributed by atoms with Gasteiger partial charge in [0, 0.05) is 16.0 Å². The molecule has 0 saturated carbocycles. The summed E-state index contributed by atoms with van der Waals surface area (Å²) in [6.07, 6.45) is 0. The van der Waals surface area contributed by atoms with E-state index in [-0.39, 0.29) is 0 Å². The SMILES string of the molecule is BrCc1ccc(SCc2ccccc2)cc1. The second-order valence-corrected chi connectivity index (χ2v) is 5.16. The maximum Gasteiger partial charge on any atom is 0.0283 e. The number of halogens is 1. The molecular formula is C14H13BrS. The molecule has 0 saturated heterocycles. The van der Waals surface area contributed by atoms with Gasteiger partial charge in [-0.1, -0.05) is 58.4 Å². The lowest BCUT2D eigenvalue weighted by molar-refractivity contribution is 1.34. The molecule has 82 valence electrons. The van der Waals surface area contributed by atoms with Crippen molar-refractivity contribution in [2.75, 3.05) is 0 Å². The number of benzene rings is 2. The van der Waals surface area contributed by atoms with E-state index < -0.39 is 0 Å². The van der Waals surface area contributed by atoms with Crippen LogP contribution in [0, 0.1) is 0 Å². The van der Waals surface area contributed by atoms with Crippen LogP contribution in [-0.4, -0.2) is 0 Å². The molecule has 2 aromatic carbocycles. The molecule has 0 aliphatic rings. The molecule has 0 aromatic heterocycles. The van der Waals surface area contributed by atoms with Crippen molar-refractivity contribution in [1.82, 2.24) is 0 Å². The first-order valence-electron chi connectivity index (χ1n) is 5.20. The third kappa shape index (κ3) is 3.39. The zero-order valence-corrected chi connectivity index (χ0v) is 11.3. The largest absolute Gasteiger partial charge is 0.121 e. The Bertz CT molecular complexity index is 422. The third-order valence-electron chi connectivity index (χ3n) is 2.33. The zero-order valence-electron chi connectivity index (χ0n) is 8.90. The standard InChI is InChI=1S/C14H13BrS/c15-10-12-6-8-14(9-7-12)16-11-13-4-2-1-3-5-13/h1-9H,10-11H2. The molecule has 0 bridgehead atoms. The Morgan fingerprint density at radius 3 is 2.12 bits per heavy atom. The van der Waals surface area contributed by atoms with Crippen molar-refractivity contribution in [2.45, 2.75) is 16.0 Å². The van der Waals surface area contributed by atoms with Gasteiger partial charge in [0.1, 0.15) is 0 Å². The van der Waals surface area contributed by atoms with Gasteiger partial charge < -0.3 is 0 Å². The molecule has 0 aliphatic heterocycles. The fraction of sp³-hybridized carbons (Fsp3) is 0.143. The average molecular weight is 293 g/mol. The molecule has 0 N–H and O–H groups in total. The van der Waals surface area contributed by atoms with Crippen molar-refractivity contribution in [3.63, 3.8) is 0 Å². The van der Waals surface area contributed by atoms with Crippen molar-refractivity contribution in [1.29, 1.82) is 0 Å². The van der Waals surface area contributed by atoms with E-state index in [1.54, 1.807) is 0 Å². The quantitative estimate of drug-likeness (QED) is 0.572. The van der Waals surface area contributed by atoms with Crippen molar-refractivity contribution in [2.24, 2.45) is 0 Å². The lowest BCUT2D eigenvalue weighted by atomic mass is 10.2. The maximum atomic E-state index is 3.45. The van der Waals surface area contributed by atoms with E-state index in [2.05, 4.69) is 70.5 Å². The topological polar surface area (TPSA) is 0 Å². The number of hydrogen-bond acceptors (Lipinski definition) is 1. The summed E-state index contributed by atoms with van der Waals surface area (Å²) >= 11 is 5.33. The van der Waals surface area contributed by atoms with E-state index >= 15 is 0 Å². The van der Waals surface area contributed by atoms with Crippen LogP contribution in [-0.2, 0) is 11.1 Å². The van der Waals surface area contributed by atoms with Crippen LogP contribution in [0.25, 0.3) is 0 Å². The number of hydrogen-bond donors (Lipinski definition) is 0. The summed E-state index contributed by atoms with van der Waals surface area (Å²) in [5, 5.41) is 0.927. The highest BCUT2D eigenvalue weighted by atomic mass is 79.9. The molecule has 0 aliphatic carbocycles. The Morgan fingerprint density at radius 2 is 1.50 bits per heavy atom. The highest BCUT2D eigenvalue weighted by molar-refractivity contribution is 9.08. The van der Waals surface area contributed by atoms with Gasteiger partial charge in [-0.2, -0.15) is 0 Å². The van der Waals surface area contributed by atoms with E-state index in [1.807, 2.05) is 11.8 Å². The number of alkyl halides is 1. The minimum atomic E-state index is 0.927. The number of thioether (sulfide) groups is 1. The van der Waals surface area contributed by atoms with Crippen molar-refractivity contribution < 1.29 is 0 Å². The molecule has 0 radical (unpaired) electrons. The van der Waals surface area contributed by atoms with Crippen LogP contribution in [0.3, 0.4) is 0 Å². The molecule has 0 fully saturated rings. The van der Waals surface area contributed by atoms with Crippen LogP contribution >= 0.6 is 27.7 Å². The summed E-state index contributed by atoms with van der Waals surface area (Å²) in [4.78, 5) is 1.33. The molecule has 0 atom stereocenters. The van der Waals surface area contributed by atoms with Crippen LogP contribution in [0.2, 0.25) is 0 Å². The summed E-state index contributed by atoms with van der Waals surface area (Å²) in [5.41, 5.74) is 2.70. The fourth-order valence-corrected chi connectivity index (χ4v) is 2.64.